The van der Waals surface area contributed by atoms with Gasteiger partial charge in [0.15, 0.2) is 5.65 Å². The number of nitrogens with one attached hydrogen (secondary N) is 3. The van der Waals surface area contributed by atoms with E-state index in [2.05, 4.69) is 19.9 Å². The number of hydrogen-bond donors (Lipinski definition) is 4. The van der Waals surface area contributed by atoms with Crippen LogP contribution in [0.3, 0.4) is 0 Å². The number of rotatable bonds is 1. The number of H-pyrrole nitrogens is 3. The number of fused-ring (bicyclic) bond motifs is 1. The molecule has 1 saturated carbocycles. The third-order valence-electron chi connectivity index (χ3n) is 3.27. The lowest BCUT2D eigenvalue weighted by Gasteiger charge is -2.03. The van der Waals surface area contributed by atoms with Crippen LogP contribution < -0.4 is 17.0 Å². The summed E-state index contributed by atoms with van der Waals surface area (Å²) in [5, 5.41) is 0. The maximum atomic E-state index is 11.5. The Bertz CT molecular complexity index is 667. The van der Waals surface area contributed by atoms with Crippen molar-refractivity contribution < 1.29 is 0 Å². The summed E-state index contributed by atoms with van der Waals surface area (Å²) in [7, 11) is 0. The van der Waals surface area contributed by atoms with Gasteiger partial charge in [-0.15, -0.1) is 0 Å². The topological polar surface area (TPSA) is 120 Å². The quantitative estimate of drug-likeness (QED) is 0.534. The van der Waals surface area contributed by atoms with Gasteiger partial charge in [0.1, 0.15) is 11.3 Å². The molecule has 5 N–H and O–H groups in total. The van der Waals surface area contributed by atoms with Gasteiger partial charge in [0.05, 0.1) is 0 Å². The lowest BCUT2D eigenvalue weighted by Crippen LogP contribution is -2.21. The van der Waals surface area contributed by atoms with Crippen molar-refractivity contribution in [1.82, 2.24) is 19.9 Å². The van der Waals surface area contributed by atoms with E-state index in [1.54, 1.807) is 0 Å². The lowest BCUT2D eigenvalue weighted by atomic mass is 10.1. The molecule has 0 aromatic carbocycles. The summed E-state index contributed by atoms with van der Waals surface area (Å²) < 4.78 is 0. The van der Waals surface area contributed by atoms with Crippen molar-refractivity contribution in [2.45, 2.75) is 31.2 Å². The fourth-order valence-electron chi connectivity index (χ4n) is 2.41. The standard InChI is InChI=1S/C10H13N5O2/c11-5-2-1-4(3-5)7-12-6-8(13-7)14-10(17)15-9(6)16/h4-5H,1-3,11H2,(H3,12,13,14,15,16,17)/t4-,5+/m1/s1. The number of hydrogen-bond acceptors (Lipinski definition) is 4. The molecule has 7 nitrogen and oxygen atoms in total. The number of imidazole rings is 1. The van der Waals surface area contributed by atoms with Gasteiger partial charge in [0.25, 0.3) is 5.56 Å². The minimum absolute atomic E-state index is 0.200. The van der Waals surface area contributed by atoms with Crippen LogP contribution >= 0.6 is 0 Å². The molecule has 0 unspecified atom stereocenters. The average molecular weight is 235 g/mol. The second kappa shape index (κ2) is 3.56. The summed E-state index contributed by atoms with van der Waals surface area (Å²) in [6, 6.07) is 0.200. The molecule has 3 rings (SSSR count). The summed E-state index contributed by atoms with van der Waals surface area (Å²) in [4.78, 5) is 34.5. The van der Waals surface area contributed by atoms with Crippen molar-refractivity contribution in [2.75, 3.05) is 0 Å². The Morgan fingerprint density at radius 1 is 1.18 bits per heavy atom. The van der Waals surface area contributed by atoms with Crippen molar-refractivity contribution in [3.63, 3.8) is 0 Å². The van der Waals surface area contributed by atoms with Gasteiger partial charge in [-0.05, 0) is 19.3 Å². The monoisotopic (exact) mass is 235 g/mol. The van der Waals surface area contributed by atoms with E-state index in [9.17, 15) is 9.59 Å². The summed E-state index contributed by atoms with van der Waals surface area (Å²) in [6.45, 7) is 0. The summed E-state index contributed by atoms with van der Waals surface area (Å²) in [5.74, 6) is 0.987. The van der Waals surface area contributed by atoms with Gasteiger partial charge in [-0.1, -0.05) is 0 Å². The highest BCUT2D eigenvalue weighted by Gasteiger charge is 2.26. The first-order chi connectivity index (χ1) is 8.13. The third kappa shape index (κ3) is 1.68. The highest BCUT2D eigenvalue weighted by atomic mass is 16.2. The van der Waals surface area contributed by atoms with Crippen LogP contribution in [0.4, 0.5) is 0 Å². The Morgan fingerprint density at radius 2 is 2.00 bits per heavy atom. The minimum atomic E-state index is -0.538. The first-order valence-corrected chi connectivity index (χ1v) is 5.61. The number of nitrogens with zero attached hydrogens (tertiary/aromatic N) is 1. The Balaban J connectivity index is 2.11. The molecule has 0 spiro atoms. The fraction of sp³-hybridized carbons (Fsp3) is 0.500. The fourth-order valence-corrected chi connectivity index (χ4v) is 2.41. The van der Waals surface area contributed by atoms with Crippen LogP contribution in [0.2, 0.25) is 0 Å². The smallest absolute Gasteiger partial charge is 0.327 e. The molecule has 0 radical (unpaired) electrons. The van der Waals surface area contributed by atoms with Gasteiger partial charge < -0.3 is 10.7 Å². The van der Waals surface area contributed by atoms with Gasteiger partial charge in [-0.25, -0.2) is 9.78 Å². The molecule has 0 saturated heterocycles. The van der Waals surface area contributed by atoms with Crippen molar-refractivity contribution in [2.24, 2.45) is 5.73 Å². The molecule has 2 atom stereocenters. The summed E-state index contributed by atoms with van der Waals surface area (Å²) >= 11 is 0. The van der Waals surface area contributed by atoms with Gasteiger partial charge >= 0.3 is 5.69 Å². The van der Waals surface area contributed by atoms with E-state index in [-0.39, 0.29) is 12.0 Å². The second-order valence-electron chi connectivity index (χ2n) is 4.52. The van der Waals surface area contributed by atoms with Crippen molar-refractivity contribution >= 4 is 11.2 Å². The van der Waals surface area contributed by atoms with E-state index in [1.165, 1.54) is 0 Å². The van der Waals surface area contributed by atoms with Gasteiger partial charge in [0.2, 0.25) is 0 Å². The van der Waals surface area contributed by atoms with Crippen molar-refractivity contribution in [3.05, 3.63) is 26.7 Å². The number of aromatic amines is 3. The summed E-state index contributed by atoms with van der Waals surface area (Å²) in [6.07, 6.45) is 2.79. The molecule has 0 amide bonds. The number of aromatic nitrogens is 4. The zero-order chi connectivity index (χ0) is 12.0. The zero-order valence-electron chi connectivity index (χ0n) is 9.12. The van der Waals surface area contributed by atoms with E-state index in [4.69, 9.17) is 5.73 Å². The highest BCUT2D eigenvalue weighted by Crippen LogP contribution is 2.32. The van der Waals surface area contributed by atoms with Gasteiger partial charge in [-0.3, -0.25) is 14.8 Å². The van der Waals surface area contributed by atoms with Crippen molar-refractivity contribution in [1.29, 1.82) is 0 Å². The largest absolute Gasteiger partial charge is 0.336 e. The highest BCUT2D eigenvalue weighted by molar-refractivity contribution is 5.68. The number of nitrogens with two attached hydrogens (primary N) is 1. The predicted molar refractivity (Wildman–Crippen MR) is 61.9 cm³/mol. The molecule has 1 aliphatic rings. The van der Waals surface area contributed by atoms with Crippen LogP contribution in [0.15, 0.2) is 9.59 Å². The van der Waals surface area contributed by atoms with Gasteiger partial charge in [-0.2, -0.15) is 0 Å². The first kappa shape index (κ1) is 10.3. The first-order valence-electron chi connectivity index (χ1n) is 5.61. The van der Waals surface area contributed by atoms with E-state index in [0.717, 1.165) is 25.1 Å². The molecule has 1 aliphatic carbocycles. The molecule has 2 aromatic rings. The van der Waals surface area contributed by atoms with E-state index in [1.807, 2.05) is 0 Å². The minimum Gasteiger partial charge on any atom is -0.336 e. The lowest BCUT2D eigenvalue weighted by molar-refractivity contribution is 0.651. The molecule has 0 aliphatic heterocycles. The molecule has 7 heteroatoms. The van der Waals surface area contributed by atoms with Crippen LogP contribution in [0, 0.1) is 0 Å². The Morgan fingerprint density at radius 3 is 2.71 bits per heavy atom. The molecule has 1 fully saturated rings. The molecule has 2 aromatic heterocycles. The Hall–Kier alpha value is -1.89. The molecule has 90 valence electrons. The maximum absolute atomic E-state index is 11.5. The molecular weight excluding hydrogens is 222 g/mol. The SMILES string of the molecule is N[C@H]1CC[C@@H](c2nc3[nH]c(=O)[nH]c(=O)c3[nH]2)C1. The van der Waals surface area contributed by atoms with Crippen LogP contribution in [-0.2, 0) is 0 Å². The van der Waals surface area contributed by atoms with Crippen molar-refractivity contribution in [3.8, 4) is 0 Å². The third-order valence-corrected chi connectivity index (χ3v) is 3.27. The van der Waals surface area contributed by atoms with Crippen LogP contribution in [0.25, 0.3) is 11.2 Å². The summed E-state index contributed by atoms with van der Waals surface area (Å²) in [5.41, 5.74) is 5.50. The van der Waals surface area contributed by atoms with Crippen LogP contribution in [0.1, 0.15) is 31.0 Å². The van der Waals surface area contributed by atoms with Crippen LogP contribution in [-0.4, -0.2) is 26.0 Å². The Kier molecular flexibility index (Phi) is 2.15. The van der Waals surface area contributed by atoms with E-state index < -0.39 is 11.2 Å². The predicted octanol–water partition coefficient (Wildman–Crippen LogP) is -0.466. The molecule has 17 heavy (non-hydrogen) atoms. The zero-order valence-corrected chi connectivity index (χ0v) is 9.12. The molecular formula is C10H13N5O2. The van der Waals surface area contributed by atoms with Gasteiger partial charge in [0, 0.05) is 12.0 Å². The average Bonchev–Trinajstić information content (AvgIpc) is 2.83. The van der Waals surface area contributed by atoms with E-state index >= 15 is 0 Å². The normalized spacial score (nSPS) is 24.5. The second-order valence-corrected chi connectivity index (χ2v) is 4.52. The Labute approximate surface area is 95.5 Å². The van der Waals surface area contributed by atoms with E-state index in [0.29, 0.717) is 11.2 Å². The molecule has 2 heterocycles. The van der Waals surface area contributed by atoms with Crippen LogP contribution in [0.5, 0.6) is 0 Å². The maximum Gasteiger partial charge on any atom is 0.327 e. The molecule has 0 bridgehead atoms.